The van der Waals surface area contributed by atoms with Gasteiger partial charge in [-0.3, -0.25) is 13.9 Å². The van der Waals surface area contributed by atoms with Gasteiger partial charge >= 0.3 is 0 Å². The first-order valence-corrected chi connectivity index (χ1v) is 15.5. The first kappa shape index (κ1) is 30.5. The Labute approximate surface area is 246 Å². The molecule has 3 aromatic carbocycles. The Balaban J connectivity index is 1.71. The standard InChI is InChI=1S/C31H35ClFN3O4S/c1-21-8-16-28(17-9-21)41(39,40)36(29-18-25(32)13-10-22(29)2)20-30(37)35(19-24-11-14-26(33)15-12-24)23(3)31(38)34-27-6-4-5-7-27/h8-18,23,27H,4-7,19-20H2,1-3H3,(H,34,38). The summed E-state index contributed by atoms with van der Waals surface area (Å²) < 4.78 is 42.6. The average Bonchev–Trinajstić information content (AvgIpc) is 3.45. The highest BCUT2D eigenvalue weighted by Gasteiger charge is 2.34. The molecule has 0 aliphatic heterocycles. The monoisotopic (exact) mass is 599 g/mol. The summed E-state index contributed by atoms with van der Waals surface area (Å²) in [5.74, 6) is -1.33. The van der Waals surface area contributed by atoms with Crippen molar-refractivity contribution in [2.75, 3.05) is 10.8 Å². The van der Waals surface area contributed by atoms with E-state index in [4.69, 9.17) is 11.6 Å². The number of rotatable bonds is 10. The fourth-order valence-electron chi connectivity index (χ4n) is 4.96. The van der Waals surface area contributed by atoms with E-state index in [2.05, 4.69) is 5.32 Å². The molecule has 3 aromatic rings. The topological polar surface area (TPSA) is 86.8 Å². The summed E-state index contributed by atoms with van der Waals surface area (Å²) in [5, 5.41) is 3.34. The molecular formula is C31H35ClFN3O4S. The SMILES string of the molecule is Cc1ccc(S(=O)(=O)N(CC(=O)N(Cc2ccc(F)cc2)C(C)C(=O)NC2CCCC2)c2cc(Cl)ccc2C)cc1. The maximum Gasteiger partial charge on any atom is 0.264 e. The molecule has 1 saturated carbocycles. The molecule has 0 aromatic heterocycles. The highest BCUT2D eigenvalue weighted by atomic mass is 35.5. The molecule has 4 rings (SSSR count). The molecular weight excluding hydrogens is 565 g/mol. The van der Waals surface area contributed by atoms with Crippen LogP contribution in [0.2, 0.25) is 5.02 Å². The van der Waals surface area contributed by atoms with Crippen molar-refractivity contribution in [3.8, 4) is 0 Å². The predicted molar refractivity (Wildman–Crippen MR) is 159 cm³/mol. The van der Waals surface area contributed by atoms with Crippen LogP contribution < -0.4 is 9.62 Å². The molecule has 10 heteroatoms. The number of halogens is 2. The summed E-state index contributed by atoms with van der Waals surface area (Å²) in [5.41, 5.74) is 2.36. The molecule has 0 spiro atoms. The van der Waals surface area contributed by atoms with E-state index < -0.39 is 34.3 Å². The lowest BCUT2D eigenvalue weighted by atomic mass is 10.1. The van der Waals surface area contributed by atoms with E-state index >= 15 is 0 Å². The van der Waals surface area contributed by atoms with Crippen LogP contribution in [0.15, 0.2) is 71.6 Å². The van der Waals surface area contributed by atoms with E-state index in [1.54, 1.807) is 50.2 Å². The normalized spacial score (nSPS) is 14.5. The number of hydrogen-bond donors (Lipinski definition) is 1. The molecule has 1 fully saturated rings. The second kappa shape index (κ2) is 13.0. The van der Waals surface area contributed by atoms with Gasteiger partial charge in [0, 0.05) is 17.6 Å². The molecule has 1 N–H and O–H groups in total. The fraction of sp³-hybridized carbons (Fsp3) is 0.355. The van der Waals surface area contributed by atoms with Gasteiger partial charge in [0.05, 0.1) is 10.6 Å². The highest BCUT2D eigenvalue weighted by molar-refractivity contribution is 7.92. The molecule has 1 unspecified atom stereocenters. The number of hydrogen-bond acceptors (Lipinski definition) is 4. The van der Waals surface area contributed by atoms with E-state index in [1.807, 2.05) is 6.92 Å². The number of anilines is 1. The van der Waals surface area contributed by atoms with Crippen LogP contribution in [0.25, 0.3) is 0 Å². The van der Waals surface area contributed by atoms with Crippen LogP contribution in [0.5, 0.6) is 0 Å². The Bertz CT molecular complexity index is 1490. The number of nitrogens with zero attached hydrogens (tertiary/aromatic N) is 2. The first-order chi connectivity index (χ1) is 19.5. The smallest absolute Gasteiger partial charge is 0.264 e. The largest absolute Gasteiger partial charge is 0.352 e. The average molecular weight is 600 g/mol. The lowest BCUT2D eigenvalue weighted by Crippen LogP contribution is -2.52. The van der Waals surface area contributed by atoms with Crippen molar-refractivity contribution in [1.29, 1.82) is 0 Å². The Morgan fingerprint density at radius 1 is 1.00 bits per heavy atom. The van der Waals surface area contributed by atoms with Crippen LogP contribution in [0, 0.1) is 19.7 Å². The molecule has 7 nitrogen and oxygen atoms in total. The number of nitrogens with one attached hydrogen (secondary N) is 1. The van der Waals surface area contributed by atoms with E-state index in [1.165, 1.54) is 35.2 Å². The highest BCUT2D eigenvalue weighted by Crippen LogP contribution is 2.30. The summed E-state index contributed by atoms with van der Waals surface area (Å²) in [6, 6.07) is 16.0. The maximum absolute atomic E-state index is 14.0. The van der Waals surface area contributed by atoms with Gasteiger partial charge in [-0.05, 0) is 81.1 Å². The molecule has 0 heterocycles. The first-order valence-electron chi connectivity index (χ1n) is 13.7. The fourth-order valence-corrected chi connectivity index (χ4v) is 6.60. The lowest BCUT2D eigenvalue weighted by molar-refractivity contribution is -0.139. The van der Waals surface area contributed by atoms with Crippen LogP contribution in [0.4, 0.5) is 10.1 Å². The molecule has 0 saturated heterocycles. The van der Waals surface area contributed by atoms with Crippen LogP contribution in [-0.4, -0.2) is 43.8 Å². The second-order valence-electron chi connectivity index (χ2n) is 10.6. The van der Waals surface area contributed by atoms with Crippen molar-refractivity contribution >= 4 is 39.1 Å². The van der Waals surface area contributed by atoms with Gasteiger partial charge in [-0.15, -0.1) is 0 Å². The van der Waals surface area contributed by atoms with E-state index in [-0.39, 0.29) is 29.1 Å². The summed E-state index contributed by atoms with van der Waals surface area (Å²) in [6.07, 6.45) is 3.81. The Morgan fingerprint density at radius 3 is 2.27 bits per heavy atom. The van der Waals surface area contributed by atoms with Crippen molar-refractivity contribution in [3.63, 3.8) is 0 Å². The zero-order valence-corrected chi connectivity index (χ0v) is 25.0. The minimum atomic E-state index is -4.20. The second-order valence-corrected chi connectivity index (χ2v) is 12.9. The van der Waals surface area contributed by atoms with Crippen molar-refractivity contribution in [2.45, 2.75) is 70.0 Å². The van der Waals surface area contributed by atoms with Gasteiger partial charge in [0.1, 0.15) is 18.4 Å². The van der Waals surface area contributed by atoms with E-state index in [9.17, 15) is 22.4 Å². The molecule has 1 aliphatic rings. The van der Waals surface area contributed by atoms with Crippen LogP contribution >= 0.6 is 11.6 Å². The van der Waals surface area contributed by atoms with Gasteiger partial charge in [-0.1, -0.05) is 60.3 Å². The summed E-state index contributed by atoms with van der Waals surface area (Å²) in [4.78, 5) is 28.7. The third-order valence-corrected chi connectivity index (χ3v) is 9.47. The molecule has 1 aliphatic carbocycles. The Kier molecular flexibility index (Phi) is 9.71. The van der Waals surface area contributed by atoms with Gasteiger partial charge in [0.25, 0.3) is 10.0 Å². The van der Waals surface area contributed by atoms with E-state index in [0.717, 1.165) is 35.6 Å². The quantitative estimate of drug-likeness (QED) is 0.321. The van der Waals surface area contributed by atoms with Crippen molar-refractivity contribution in [2.24, 2.45) is 0 Å². The number of amides is 2. The number of aryl methyl sites for hydroxylation is 2. The van der Waals surface area contributed by atoms with Gasteiger partial charge in [-0.25, -0.2) is 12.8 Å². The minimum absolute atomic E-state index is 0.00862. The lowest BCUT2D eigenvalue weighted by Gasteiger charge is -2.33. The molecule has 0 bridgehead atoms. The van der Waals surface area contributed by atoms with Crippen molar-refractivity contribution in [3.05, 3.63) is 94.3 Å². The molecule has 41 heavy (non-hydrogen) atoms. The van der Waals surface area contributed by atoms with Gasteiger partial charge < -0.3 is 10.2 Å². The van der Waals surface area contributed by atoms with Crippen LogP contribution in [0.1, 0.15) is 49.3 Å². The molecule has 2 amide bonds. The van der Waals surface area contributed by atoms with Gasteiger partial charge in [0.15, 0.2) is 0 Å². The van der Waals surface area contributed by atoms with Gasteiger partial charge in [-0.2, -0.15) is 0 Å². The molecule has 1 atom stereocenters. The van der Waals surface area contributed by atoms with Crippen molar-refractivity contribution in [1.82, 2.24) is 10.2 Å². The Hall–Kier alpha value is -3.43. The Morgan fingerprint density at radius 2 is 1.63 bits per heavy atom. The third kappa shape index (κ3) is 7.45. The zero-order valence-electron chi connectivity index (χ0n) is 23.4. The molecule has 218 valence electrons. The summed E-state index contributed by atoms with van der Waals surface area (Å²) >= 11 is 6.27. The minimum Gasteiger partial charge on any atom is -0.352 e. The number of benzene rings is 3. The van der Waals surface area contributed by atoms with Crippen LogP contribution in [-0.2, 0) is 26.2 Å². The van der Waals surface area contributed by atoms with E-state index in [0.29, 0.717) is 16.1 Å². The number of carbonyl (C=O) groups is 2. The van der Waals surface area contributed by atoms with Gasteiger partial charge in [0.2, 0.25) is 11.8 Å². The summed E-state index contributed by atoms with van der Waals surface area (Å²) in [6.45, 7) is 4.63. The third-order valence-electron chi connectivity index (χ3n) is 7.46. The molecule has 0 radical (unpaired) electrons. The van der Waals surface area contributed by atoms with Crippen LogP contribution in [0.3, 0.4) is 0 Å². The number of sulfonamides is 1. The predicted octanol–water partition coefficient (Wildman–Crippen LogP) is 5.77. The maximum atomic E-state index is 14.0. The van der Waals surface area contributed by atoms with Crippen molar-refractivity contribution < 1.29 is 22.4 Å². The number of carbonyl (C=O) groups excluding carboxylic acids is 2. The summed E-state index contributed by atoms with van der Waals surface area (Å²) in [7, 11) is -4.20. The zero-order chi connectivity index (χ0) is 29.7.